The third kappa shape index (κ3) is 5.91. The minimum absolute atomic E-state index is 0.0124. The van der Waals surface area contributed by atoms with Gasteiger partial charge in [-0.3, -0.25) is 25.0 Å². The predicted octanol–water partition coefficient (Wildman–Crippen LogP) is 4.91. The lowest BCUT2D eigenvalue weighted by molar-refractivity contribution is -0.393. The van der Waals surface area contributed by atoms with Gasteiger partial charge in [0, 0.05) is 11.6 Å². The van der Waals surface area contributed by atoms with E-state index in [0.717, 1.165) is 22.9 Å². The van der Waals surface area contributed by atoms with Gasteiger partial charge in [0.15, 0.2) is 12.4 Å². The Morgan fingerprint density at radius 3 is 2.29 bits per heavy atom. The molecule has 0 saturated carbocycles. The molecule has 0 fully saturated rings. The summed E-state index contributed by atoms with van der Waals surface area (Å²) in [6.45, 7) is 3.22. The molecule has 0 spiro atoms. The summed E-state index contributed by atoms with van der Waals surface area (Å²) in [6, 6.07) is 14.8. The van der Waals surface area contributed by atoms with E-state index in [1.54, 1.807) is 18.2 Å². The molecule has 3 aromatic rings. The smallest absolute Gasteiger partial charge is 0.329 e. The molecule has 0 unspecified atom stereocenters. The predicted molar refractivity (Wildman–Crippen MR) is 126 cm³/mol. The Morgan fingerprint density at radius 2 is 1.65 bits per heavy atom. The number of benzene rings is 3. The monoisotopic (exact) mass is 465 g/mol. The molecular formula is C24H23N3O7. The number of nitrogens with one attached hydrogen (secondary N) is 1. The molecule has 176 valence electrons. The van der Waals surface area contributed by atoms with Gasteiger partial charge in [0.25, 0.3) is 11.4 Å². The van der Waals surface area contributed by atoms with Gasteiger partial charge in [-0.15, -0.1) is 0 Å². The van der Waals surface area contributed by atoms with Crippen LogP contribution in [0.4, 0.5) is 17.1 Å². The zero-order valence-electron chi connectivity index (χ0n) is 18.6. The van der Waals surface area contributed by atoms with E-state index in [1.165, 1.54) is 6.07 Å². The number of carbonyl (C=O) groups is 2. The van der Waals surface area contributed by atoms with E-state index in [9.17, 15) is 29.8 Å². The molecule has 1 N–H and O–H groups in total. The van der Waals surface area contributed by atoms with Crippen molar-refractivity contribution in [3.63, 3.8) is 0 Å². The van der Waals surface area contributed by atoms with Crippen LogP contribution in [0.25, 0.3) is 10.8 Å². The number of Topliss-reactive ketones (excluding diaryl/α,β-unsaturated/α-hetero) is 1. The second kappa shape index (κ2) is 10.5. The standard InChI is InChI=1S/C24H23N3O7/c1-15(2)11-21(25-20-10-9-19(26(30)31)13-22(20)27(32)33)24(29)34-14-23(28)18-8-7-16-5-3-4-6-17(16)12-18/h3-10,12-13,15,21,25H,11,14H2,1-2H3/t21-/m0/s1. The first-order chi connectivity index (χ1) is 16.2. The van der Waals surface area contributed by atoms with E-state index in [1.807, 2.05) is 38.1 Å². The summed E-state index contributed by atoms with van der Waals surface area (Å²) in [5.74, 6) is -1.13. The summed E-state index contributed by atoms with van der Waals surface area (Å²) in [5.41, 5.74) is -0.644. The van der Waals surface area contributed by atoms with Gasteiger partial charge in [0.1, 0.15) is 11.7 Å². The van der Waals surface area contributed by atoms with Gasteiger partial charge < -0.3 is 10.1 Å². The summed E-state index contributed by atoms with van der Waals surface area (Å²) in [6.07, 6.45) is 0.261. The number of rotatable bonds is 10. The number of anilines is 1. The third-order valence-electron chi connectivity index (χ3n) is 5.13. The number of ketones is 1. The number of nitro benzene ring substituents is 2. The van der Waals surface area contributed by atoms with Gasteiger partial charge >= 0.3 is 5.97 Å². The van der Waals surface area contributed by atoms with Gasteiger partial charge in [-0.25, -0.2) is 4.79 Å². The summed E-state index contributed by atoms with van der Waals surface area (Å²) >= 11 is 0. The lowest BCUT2D eigenvalue weighted by Crippen LogP contribution is -2.34. The Bertz CT molecular complexity index is 1260. The van der Waals surface area contributed by atoms with Gasteiger partial charge in [0.2, 0.25) is 0 Å². The SMILES string of the molecule is CC(C)C[C@H](Nc1ccc([N+](=O)[O-])cc1[N+](=O)[O-])C(=O)OCC(=O)c1ccc2ccccc2c1. The molecule has 0 aliphatic carbocycles. The van der Waals surface area contributed by atoms with Crippen molar-refractivity contribution < 1.29 is 24.2 Å². The molecule has 3 aromatic carbocycles. The molecule has 3 rings (SSSR count). The van der Waals surface area contributed by atoms with Crippen molar-refractivity contribution in [1.29, 1.82) is 0 Å². The highest BCUT2D eigenvalue weighted by molar-refractivity contribution is 6.01. The van der Waals surface area contributed by atoms with Crippen molar-refractivity contribution >= 4 is 39.6 Å². The Balaban J connectivity index is 1.74. The maximum absolute atomic E-state index is 12.8. The van der Waals surface area contributed by atoms with Crippen molar-refractivity contribution in [3.05, 3.63) is 86.5 Å². The normalized spacial score (nSPS) is 11.7. The van der Waals surface area contributed by atoms with Crippen molar-refractivity contribution in [1.82, 2.24) is 0 Å². The topological polar surface area (TPSA) is 142 Å². The molecule has 0 aromatic heterocycles. The van der Waals surface area contributed by atoms with Crippen molar-refractivity contribution in [2.45, 2.75) is 26.3 Å². The number of fused-ring (bicyclic) bond motifs is 1. The van der Waals surface area contributed by atoms with Crippen LogP contribution >= 0.6 is 0 Å². The number of esters is 1. The number of hydrogen-bond acceptors (Lipinski definition) is 8. The maximum Gasteiger partial charge on any atom is 0.329 e. The lowest BCUT2D eigenvalue weighted by Gasteiger charge is -2.20. The average molecular weight is 465 g/mol. The molecule has 1 atom stereocenters. The van der Waals surface area contributed by atoms with Gasteiger partial charge in [-0.2, -0.15) is 0 Å². The lowest BCUT2D eigenvalue weighted by atomic mass is 10.0. The molecular weight excluding hydrogens is 442 g/mol. The van der Waals surface area contributed by atoms with Crippen LogP contribution in [0.3, 0.4) is 0 Å². The molecule has 34 heavy (non-hydrogen) atoms. The van der Waals surface area contributed by atoms with Crippen molar-refractivity contribution in [2.24, 2.45) is 5.92 Å². The first-order valence-corrected chi connectivity index (χ1v) is 10.5. The maximum atomic E-state index is 12.8. The zero-order valence-corrected chi connectivity index (χ0v) is 18.6. The molecule has 0 heterocycles. The summed E-state index contributed by atoms with van der Waals surface area (Å²) in [5, 5.41) is 27.0. The Kier molecular flexibility index (Phi) is 7.52. The van der Waals surface area contributed by atoms with Gasteiger partial charge in [-0.05, 0) is 35.2 Å². The third-order valence-corrected chi connectivity index (χ3v) is 5.13. The molecule has 0 amide bonds. The van der Waals surface area contributed by atoms with Crippen molar-refractivity contribution in [3.8, 4) is 0 Å². The fourth-order valence-electron chi connectivity index (χ4n) is 3.46. The van der Waals surface area contributed by atoms with Crippen LogP contribution in [0.15, 0.2) is 60.7 Å². The van der Waals surface area contributed by atoms with Crippen LogP contribution in [0.2, 0.25) is 0 Å². The fraction of sp³-hybridized carbons (Fsp3) is 0.250. The Morgan fingerprint density at radius 1 is 0.941 bits per heavy atom. The number of nitro groups is 2. The molecule has 0 bridgehead atoms. The van der Waals surface area contributed by atoms with Crippen LogP contribution in [0, 0.1) is 26.1 Å². The van der Waals surface area contributed by atoms with Crippen LogP contribution in [0.1, 0.15) is 30.6 Å². The minimum atomic E-state index is -0.996. The van der Waals surface area contributed by atoms with E-state index < -0.39 is 39.8 Å². The molecule has 0 radical (unpaired) electrons. The van der Waals surface area contributed by atoms with Crippen molar-refractivity contribution in [2.75, 3.05) is 11.9 Å². The van der Waals surface area contributed by atoms with E-state index in [4.69, 9.17) is 4.74 Å². The number of carbonyl (C=O) groups excluding carboxylic acids is 2. The summed E-state index contributed by atoms with van der Waals surface area (Å²) < 4.78 is 5.24. The first-order valence-electron chi connectivity index (χ1n) is 10.5. The van der Waals surface area contributed by atoms with Crippen LogP contribution in [-0.4, -0.2) is 34.2 Å². The van der Waals surface area contributed by atoms with Crippen LogP contribution in [-0.2, 0) is 9.53 Å². The quantitative estimate of drug-likeness (QED) is 0.193. The second-order valence-corrected chi connectivity index (χ2v) is 8.13. The molecule has 0 aliphatic heterocycles. The van der Waals surface area contributed by atoms with E-state index in [0.29, 0.717) is 5.56 Å². The van der Waals surface area contributed by atoms with Crippen LogP contribution < -0.4 is 5.32 Å². The fourth-order valence-corrected chi connectivity index (χ4v) is 3.46. The second-order valence-electron chi connectivity index (χ2n) is 8.13. The van der Waals surface area contributed by atoms with E-state index >= 15 is 0 Å². The molecule has 10 nitrogen and oxygen atoms in total. The Hall–Kier alpha value is -4.34. The van der Waals surface area contributed by atoms with Gasteiger partial charge in [-0.1, -0.05) is 50.2 Å². The number of nitrogens with zero attached hydrogens (tertiary/aromatic N) is 2. The van der Waals surface area contributed by atoms with Crippen LogP contribution in [0.5, 0.6) is 0 Å². The number of non-ortho nitro benzene ring substituents is 1. The summed E-state index contributed by atoms with van der Waals surface area (Å²) in [7, 11) is 0. The number of hydrogen-bond donors (Lipinski definition) is 1. The Labute approximate surface area is 194 Å². The van der Waals surface area contributed by atoms with Gasteiger partial charge in [0.05, 0.1) is 15.9 Å². The highest BCUT2D eigenvalue weighted by Gasteiger charge is 2.27. The molecule has 10 heteroatoms. The highest BCUT2D eigenvalue weighted by atomic mass is 16.6. The number of ether oxygens (including phenoxy) is 1. The first kappa shape index (κ1) is 24.3. The van der Waals surface area contributed by atoms with E-state index in [-0.39, 0.29) is 23.8 Å². The summed E-state index contributed by atoms with van der Waals surface area (Å²) in [4.78, 5) is 46.2. The molecule has 0 aliphatic rings. The zero-order chi connectivity index (χ0) is 24.8. The minimum Gasteiger partial charge on any atom is -0.456 e. The largest absolute Gasteiger partial charge is 0.456 e. The van der Waals surface area contributed by atoms with E-state index in [2.05, 4.69) is 5.32 Å². The average Bonchev–Trinajstić information content (AvgIpc) is 2.81. The molecule has 0 saturated heterocycles. The highest BCUT2D eigenvalue weighted by Crippen LogP contribution is 2.30.